The van der Waals surface area contributed by atoms with Crippen molar-refractivity contribution in [3.63, 3.8) is 0 Å². The number of para-hydroxylation sites is 1. The van der Waals surface area contributed by atoms with Crippen molar-refractivity contribution in [1.29, 1.82) is 0 Å². The summed E-state index contributed by atoms with van der Waals surface area (Å²) < 4.78 is 5.28. The van der Waals surface area contributed by atoms with Crippen molar-refractivity contribution in [3.05, 3.63) is 53.2 Å². The topological polar surface area (TPSA) is 63.2 Å². The van der Waals surface area contributed by atoms with Gasteiger partial charge in [-0.15, -0.1) is 0 Å². The first kappa shape index (κ1) is 15.9. The molecule has 2 rings (SSSR count). The summed E-state index contributed by atoms with van der Waals surface area (Å²) in [5, 5.41) is 5.74. The molecule has 0 atom stereocenters. The Balaban J connectivity index is 2.11. The molecule has 0 spiro atoms. The van der Waals surface area contributed by atoms with Crippen LogP contribution in [0.5, 0.6) is 5.75 Å². The Kier molecular flexibility index (Phi) is 5.06. The Hall–Kier alpha value is -2.47. The van der Waals surface area contributed by atoms with Crippen LogP contribution in [0, 0.1) is 13.8 Å². The Bertz CT molecular complexity index is 716. The zero-order valence-electron chi connectivity index (χ0n) is 12.6. The number of nitrogens with zero attached hydrogens (tertiary/aromatic N) is 1. The molecule has 22 heavy (non-hydrogen) atoms. The van der Waals surface area contributed by atoms with E-state index in [1.807, 2.05) is 32.0 Å². The predicted molar refractivity (Wildman–Crippen MR) is 90.4 cm³/mol. The van der Waals surface area contributed by atoms with E-state index in [1.54, 1.807) is 18.3 Å². The van der Waals surface area contributed by atoms with E-state index in [2.05, 4.69) is 15.6 Å². The van der Waals surface area contributed by atoms with Gasteiger partial charge in [-0.25, -0.2) is 4.98 Å². The summed E-state index contributed by atoms with van der Waals surface area (Å²) in [5.41, 5.74) is 2.26. The van der Waals surface area contributed by atoms with Gasteiger partial charge in [0.2, 0.25) is 0 Å². The van der Waals surface area contributed by atoms with E-state index in [4.69, 9.17) is 17.0 Å². The van der Waals surface area contributed by atoms with E-state index in [0.29, 0.717) is 17.1 Å². The molecule has 0 bridgehead atoms. The molecule has 114 valence electrons. The largest absolute Gasteiger partial charge is 0.496 e. The molecule has 0 unspecified atom stereocenters. The van der Waals surface area contributed by atoms with Gasteiger partial charge in [-0.1, -0.05) is 18.2 Å². The molecule has 0 radical (unpaired) electrons. The second-order valence-corrected chi connectivity index (χ2v) is 5.14. The highest BCUT2D eigenvalue weighted by Gasteiger charge is 2.15. The lowest BCUT2D eigenvalue weighted by Gasteiger charge is -2.13. The van der Waals surface area contributed by atoms with Gasteiger partial charge >= 0.3 is 0 Å². The van der Waals surface area contributed by atoms with Gasteiger partial charge < -0.3 is 10.1 Å². The molecular weight excluding hydrogens is 298 g/mol. The van der Waals surface area contributed by atoms with Gasteiger partial charge in [0.25, 0.3) is 5.91 Å². The molecule has 0 aliphatic rings. The van der Waals surface area contributed by atoms with Gasteiger partial charge in [0.15, 0.2) is 5.11 Å². The number of methoxy groups -OCH3 is 1. The van der Waals surface area contributed by atoms with Crippen molar-refractivity contribution >= 4 is 29.1 Å². The second kappa shape index (κ2) is 7.00. The quantitative estimate of drug-likeness (QED) is 0.853. The molecule has 1 aromatic heterocycles. The molecule has 0 aliphatic heterocycles. The van der Waals surface area contributed by atoms with E-state index in [1.165, 1.54) is 7.11 Å². The summed E-state index contributed by atoms with van der Waals surface area (Å²) in [6.45, 7) is 3.78. The van der Waals surface area contributed by atoms with Crippen LogP contribution in [-0.2, 0) is 0 Å². The average molecular weight is 315 g/mol. The van der Waals surface area contributed by atoms with Gasteiger partial charge in [0, 0.05) is 6.20 Å². The maximum atomic E-state index is 12.3. The van der Waals surface area contributed by atoms with Crippen molar-refractivity contribution < 1.29 is 9.53 Å². The highest BCUT2D eigenvalue weighted by atomic mass is 32.1. The van der Waals surface area contributed by atoms with Gasteiger partial charge in [-0.3, -0.25) is 10.1 Å². The number of hydrogen-bond donors (Lipinski definition) is 2. The molecule has 0 saturated carbocycles. The maximum Gasteiger partial charge on any atom is 0.261 e. The molecule has 1 amide bonds. The van der Waals surface area contributed by atoms with E-state index >= 15 is 0 Å². The third-order valence-corrected chi connectivity index (χ3v) is 3.33. The third-order valence-electron chi connectivity index (χ3n) is 3.13. The van der Waals surface area contributed by atoms with Crippen LogP contribution in [0.15, 0.2) is 36.5 Å². The average Bonchev–Trinajstić information content (AvgIpc) is 2.49. The van der Waals surface area contributed by atoms with Gasteiger partial charge in [-0.2, -0.15) is 0 Å². The summed E-state index contributed by atoms with van der Waals surface area (Å²) in [6, 6.07) is 9.11. The first-order valence-electron chi connectivity index (χ1n) is 6.70. The Morgan fingerprint density at radius 2 is 1.91 bits per heavy atom. The van der Waals surface area contributed by atoms with E-state index < -0.39 is 0 Å². The smallest absolute Gasteiger partial charge is 0.261 e. The number of benzene rings is 1. The zero-order valence-corrected chi connectivity index (χ0v) is 13.5. The monoisotopic (exact) mass is 315 g/mol. The number of hydrogen-bond acceptors (Lipinski definition) is 4. The van der Waals surface area contributed by atoms with Gasteiger partial charge in [-0.05, 0) is 49.3 Å². The number of amides is 1. The summed E-state index contributed by atoms with van der Waals surface area (Å²) in [6.07, 6.45) is 1.66. The molecule has 1 aromatic carbocycles. The SMILES string of the molecule is COc1c(C)cccc1C(=O)NC(=S)Nc1ncccc1C. The van der Waals surface area contributed by atoms with Crippen LogP contribution in [-0.4, -0.2) is 23.1 Å². The number of rotatable bonds is 3. The lowest BCUT2D eigenvalue weighted by Crippen LogP contribution is -2.34. The maximum absolute atomic E-state index is 12.3. The van der Waals surface area contributed by atoms with E-state index in [0.717, 1.165) is 11.1 Å². The van der Waals surface area contributed by atoms with Gasteiger partial charge in [0.1, 0.15) is 11.6 Å². The van der Waals surface area contributed by atoms with Crippen LogP contribution in [0.2, 0.25) is 0 Å². The van der Waals surface area contributed by atoms with Crippen LogP contribution in [0.4, 0.5) is 5.82 Å². The molecule has 0 saturated heterocycles. The number of aryl methyl sites for hydroxylation is 2. The van der Waals surface area contributed by atoms with E-state index in [-0.39, 0.29) is 11.0 Å². The van der Waals surface area contributed by atoms with Gasteiger partial charge in [0.05, 0.1) is 12.7 Å². The zero-order chi connectivity index (χ0) is 16.1. The minimum Gasteiger partial charge on any atom is -0.496 e. The lowest BCUT2D eigenvalue weighted by atomic mass is 10.1. The van der Waals surface area contributed by atoms with Crippen molar-refractivity contribution in [3.8, 4) is 5.75 Å². The van der Waals surface area contributed by atoms with Crippen molar-refractivity contribution in [2.24, 2.45) is 0 Å². The minimum atomic E-state index is -0.327. The number of pyridine rings is 1. The van der Waals surface area contributed by atoms with Crippen LogP contribution < -0.4 is 15.4 Å². The standard InChI is InChI=1S/C16H17N3O2S/c1-10-6-4-8-12(13(10)21-3)15(20)19-16(22)18-14-11(2)7-5-9-17-14/h4-9H,1-3H3,(H2,17,18,19,20,22). The highest BCUT2D eigenvalue weighted by Crippen LogP contribution is 2.22. The molecule has 1 heterocycles. The highest BCUT2D eigenvalue weighted by molar-refractivity contribution is 7.80. The molecule has 6 heteroatoms. The Morgan fingerprint density at radius 1 is 1.18 bits per heavy atom. The summed E-state index contributed by atoms with van der Waals surface area (Å²) in [4.78, 5) is 16.5. The fourth-order valence-electron chi connectivity index (χ4n) is 2.03. The van der Waals surface area contributed by atoms with Crippen LogP contribution in [0.25, 0.3) is 0 Å². The minimum absolute atomic E-state index is 0.190. The first-order valence-corrected chi connectivity index (χ1v) is 7.11. The number of carbonyl (C=O) groups excluding carboxylic acids is 1. The van der Waals surface area contributed by atoms with Crippen LogP contribution in [0.1, 0.15) is 21.5 Å². The fourth-order valence-corrected chi connectivity index (χ4v) is 2.22. The lowest BCUT2D eigenvalue weighted by molar-refractivity contribution is 0.0974. The number of thiocarbonyl (C=S) groups is 1. The molecular formula is C16H17N3O2S. The Morgan fingerprint density at radius 3 is 2.59 bits per heavy atom. The third kappa shape index (κ3) is 3.59. The van der Waals surface area contributed by atoms with Crippen molar-refractivity contribution in [2.75, 3.05) is 12.4 Å². The summed E-state index contributed by atoms with van der Waals surface area (Å²) >= 11 is 5.16. The summed E-state index contributed by atoms with van der Waals surface area (Å²) in [7, 11) is 1.53. The molecule has 2 N–H and O–H groups in total. The number of nitrogens with one attached hydrogen (secondary N) is 2. The van der Waals surface area contributed by atoms with Crippen LogP contribution in [0.3, 0.4) is 0 Å². The number of ether oxygens (including phenoxy) is 1. The second-order valence-electron chi connectivity index (χ2n) is 4.73. The number of anilines is 1. The Labute approximate surface area is 134 Å². The number of aromatic nitrogens is 1. The number of carbonyl (C=O) groups is 1. The normalized spacial score (nSPS) is 9.95. The van der Waals surface area contributed by atoms with Crippen molar-refractivity contribution in [2.45, 2.75) is 13.8 Å². The molecule has 2 aromatic rings. The molecule has 0 fully saturated rings. The van der Waals surface area contributed by atoms with Crippen LogP contribution >= 0.6 is 12.2 Å². The molecule has 5 nitrogen and oxygen atoms in total. The summed E-state index contributed by atoms with van der Waals surface area (Å²) in [5.74, 6) is 0.826. The molecule has 0 aliphatic carbocycles. The first-order chi connectivity index (χ1) is 10.5. The van der Waals surface area contributed by atoms with E-state index in [9.17, 15) is 4.79 Å². The predicted octanol–water partition coefficient (Wildman–Crippen LogP) is 2.83. The van der Waals surface area contributed by atoms with Crippen molar-refractivity contribution in [1.82, 2.24) is 10.3 Å². The fraction of sp³-hybridized carbons (Fsp3) is 0.188.